The molecular formula is C15H21NO2. The van der Waals surface area contributed by atoms with Crippen molar-refractivity contribution in [1.29, 1.82) is 0 Å². The van der Waals surface area contributed by atoms with Crippen molar-refractivity contribution in [3.63, 3.8) is 0 Å². The molecule has 98 valence electrons. The van der Waals surface area contributed by atoms with Crippen molar-refractivity contribution in [2.75, 3.05) is 0 Å². The van der Waals surface area contributed by atoms with Gasteiger partial charge < -0.3 is 5.11 Å². The third-order valence-electron chi connectivity index (χ3n) is 3.97. The smallest absolute Gasteiger partial charge is 0.328 e. The standard InChI is InChI=1S/C15H21NO2/c1-3-15(14(17)18,13-7-5-4-6-8-13)16-11(2)12-9-10-12/h4-8,11-12,16H,3,9-10H2,1-2H3,(H,17,18). The molecule has 0 radical (unpaired) electrons. The van der Waals surface area contributed by atoms with Gasteiger partial charge in [-0.2, -0.15) is 0 Å². The van der Waals surface area contributed by atoms with Crippen molar-refractivity contribution in [2.45, 2.75) is 44.7 Å². The second kappa shape index (κ2) is 5.11. The van der Waals surface area contributed by atoms with Crippen LogP contribution in [0.1, 0.15) is 38.7 Å². The molecule has 3 heteroatoms. The second-order valence-electron chi connectivity index (χ2n) is 5.20. The highest BCUT2D eigenvalue weighted by atomic mass is 16.4. The number of hydrogen-bond donors (Lipinski definition) is 2. The van der Waals surface area contributed by atoms with E-state index in [1.807, 2.05) is 37.3 Å². The molecule has 1 aromatic carbocycles. The zero-order valence-corrected chi connectivity index (χ0v) is 11.0. The summed E-state index contributed by atoms with van der Waals surface area (Å²) in [6.07, 6.45) is 2.97. The Hall–Kier alpha value is -1.35. The summed E-state index contributed by atoms with van der Waals surface area (Å²) in [6.45, 7) is 4.02. The molecule has 0 bridgehead atoms. The van der Waals surface area contributed by atoms with Crippen LogP contribution in [-0.4, -0.2) is 17.1 Å². The average Bonchev–Trinajstić information content (AvgIpc) is 3.20. The summed E-state index contributed by atoms with van der Waals surface area (Å²) in [6, 6.07) is 9.74. The van der Waals surface area contributed by atoms with Crippen molar-refractivity contribution in [2.24, 2.45) is 5.92 Å². The highest BCUT2D eigenvalue weighted by Gasteiger charge is 2.42. The molecule has 0 aliphatic heterocycles. The Kier molecular flexibility index (Phi) is 3.71. The zero-order valence-electron chi connectivity index (χ0n) is 11.0. The van der Waals surface area contributed by atoms with E-state index in [-0.39, 0.29) is 6.04 Å². The van der Waals surface area contributed by atoms with Crippen molar-refractivity contribution >= 4 is 5.97 Å². The Balaban J connectivity index is 2.30. The molecule has 1 fully saturated rings. The fourth-order valence-corrected chi connectivity index (χ4v) is 2.55. The monoisotopic (exact) mass is 247 g/mol. The summed E-state index contributed by atoms with van der Waals surface area (Å²) in [5, 5.41) is 13.0. The van der Waals surface area contributed by atoms with E-state index in [1.165, 1.54) is 12.8 Å². The van der Waals surface area contributed by atoms with Gasteiger partial charge in [-0.3, -0.25) is 5.32 Å². The van der Waals surface area contributed by atoms with Gasteiger partial charge >= 0.3 is 5.97 Å². The van der Waals surface area contributed by atoms with E-state index < -0.39 is 11.5 Å². The zero-order chi connectivity index (χ0) is 13.2. The predicted octanol–water partition coefficient (Wildman–Crippen LogP) is 2.76. The van der Waals surface area contributed by atoms with E-state index in [1.54, 1.807) is 0 Å². The first-order valence-corrected chi connectivity index (χ1v) is 6.66. The molecule has 1 aromatic rings. The van der Waals surface area contributed by atoms with Gasteiger partial charge in [0.2, 0.25) is 0 Å². The Morgan fingerprint density at radius 3 is 2.50 bits per heavy atom. The van der Waals surface area contributed by atoms with Crippen LogP contribution >= 0.6 is 0 Å². The van der Waals surface area contributed by atoms with Gasteiger partial charge in [0.25, 0.3) is 0 Å². The Morgan fingerprint density at radius 1 is 1.44 bits per heavy atom. The van der Waals surface area contributed by atoms with E-state index in [2.05, 4.69) is 12.2 Å². The summed E-state index contributed by atoms with van der Waals surface area (Å²) >= 11 is 0. The lowest BCUT2D eigenvalue weighted by Crippen LogP contribution is -2.53. The van der Waals surface area contributed by atoms with Crippen molar-refractivity contribution in [3.8, 4) is 0 Å². The maximum atomic E-state index is 11.8. The largest absolute Gasteiger partial charge is 0.480 e. The van der Waals surface area contributed by atoms with Crippen LogP contribution in [0.25, 0.3) is 0 Å². The summed E-state index contributed by atoms with van der Waals surface area (Å²) < 4.78 is 0. The fraction of sp³-hybridized carbons (Fsp3) is 0.533. The highest BCUT2D eigenvalue weighted by molar-refractivity contribution is 5.80. The molecule has 18 heavy (non-hydrogen) atoms. The molecule has 2 rings (SSSR count). The molecule has 0 amide bonds. The molecule has 3 nitrogen and oxygen atoms in total. The van der Waals surface area contributed by atoms with Crippen molar-refractivity contribution in [3.05, 3.63) is 35.9 Å². The van der Waals surface area contributed by atoms with E-state index in [4.69, 9.17) is 0 Å². The molecule has 2 N–H and O–H groups in total. The van der Waals surface area contributed by atoms with Crippen molar-refractivity contribution < 1.29 is 9.90 Å². The van der Waals surface area contributed by atoms with E-state index in [0.717, 1.165) is 5.56 Å². The third-order valence-corrected chi connectivity index (χ3v) is 3.97. The van der Waals surface area contributed by atoms with Crippen LogP contribution in [0.15, 0.2) is 30.3 Å². The summed E-state index contributed by atoms with van der Waals surface area (Å²) in [5.74, 6) is -0.150. The van der Waals surface area contributed by atoms with E-state index in [9.17, 15) is 9.90 Å². The molecule has 0 heterocycles. The number of benzene rings is 1. The Labute approximate surface area is 108 Å². The van der Waals surface area contributed by atoms with E-state index in [0.29, 0.717) is 12.3 Å². The SMILES string of the molecule is CCC(NC(C)C1CC1)(C(=O)O)c1ccccc1. The second-order valence-corrected chi connectivity index (χ2v) is 5.20. The summed E-state index contributed by atoms with van der Waals surface area (Å²) in [4.78, 5) is 11.8. The molecule has 0 saturated heterocycles. The molecule has 1 aliphatic carbocycles. The number of nitrogens with one attached hydrogen (secondary N) is 1. The van der Waals surface area contributed by atoms with Gasteiger partial charge in [0.05, 0.1) is 0 Å². The first kappa shape index (κ1) is 13.1. The molecular weight excluding hydrogens is 226 g/mol. The normalized spacial score (nSPS) is 20.1. The molecule has 2 atom stereocenters. The van der Waals surface area contributed by atoms with Crippen molar-refractivity contribution in [1.82, 2.24) is 5.32 Å². The van der Waals surface area contributed by atoms with Gasteiger partial charge in [-0.15, -0.1) is 0 Å². The van der Waals surface area contributed by atoms with Gasteiger partial charge in [0.1, 0.15) is 5.54 Å². The van der Waals surface area contributed by atoms with Gasteiger partial charge in [-0.1, -0.05) is 37.3 Å². The predicted molar refractivity (Wildman–Crippen MR) is 71.4 cm³/mol. The minimum Gasteiger partial charge on any atom is -0.480 e. The lowest BCUT2D eigenvalue weighted by molar-refractivity contribution is -0.146. The van der Waals surface area contributed by atoms with Gasteiger partial charge in [-0.05, 0) is 37.7 Å². The molecule has 1 saturated carbocycles. The average molecular weight is 247 g/mol. The number of carbonyl (C=O) groups is 1. The third kappa shape index (κ3) is 2.41. The molecule has 0 aromatic heterocycles. The van der Waals surface area contributed by atoms with Crippen LogP contribution in [0.5, 0.6) is 0 Å². The highest BCUT2D eigenvalue weighted by Crippen LogP contribution is 2.35. The summed E-state index contributed by atoms with van der Waals surface area (Å²) in [7, 11) is 0. The number of carboxylic acids is 1. The molecule has 1 aliphatic rings. The Morgan fingerprint density at radius 2 is 2.06 bits per heavy atom. The summed E-state index contributed by atoms with van der Waals surface area (Å²) in [5.41, 5.74) is -0.115. The first-order chi connectivity index (χ1) is 8.60. The first-order valence-electron chi connectivity index (χ1n) is 6.66. The topological polar surface area (TPSA) is 49.3 Å². The lowest BCUT2D eigenvalue weighted by Gasteiger charge is -2.33. The lowest BCUT2D eigenvalue weighted by atomic mass is 9.86. The Bertz CT molecular complexity index is 414. The number of aliphatic carboxylic acids is 1. The van der Waals surface area contributed by atoms with Crippen LogP contribution in [0.2, 0.25) is 0 Å². The van der Waals surface area contributed by atoms with Crippen LogP contribution in [0, 0.1) is 5.92 Å². The molecule has 2 unspecified atom stereocenters. The van der Waals surface area contributed by atoms with Crippen LogP contribution in [0.3, 0.4) is 0 Å². The van der Waals surface area contributed by atoms with Crippen LogP contribution in [0.4, 0.5) is 0 Å². The van der Waals surface area contributed by atoms with Crippen LogP contribution < -0.4 is 5.32 Å². The number of hydrogen-bond acceptors (Lipinski definition) is 2. The quantitative estimate of drug-likeness (QED) is 0.812. The van der Waals surface area contributed by atoms with Gasteiger partial charge in [0, 0.05) is 6.04 Å². The fourth-order valence-electron chi connectivity index (χ4n) is 2.55. The number of carboxylic acid groups (broad SMARTS) is 1. The van der Waals surface area contributed by atoms with Crippen LogP contribution in [-0.2, 0) is 10.3 Å². The maximum Gasteiger partial charge on any atom is 0.328 e. The maximum absolute atomic E-state index is 11.8. The van der Waals surface area contributed by atoms with Gasteiger partial charge in [0.15, 0.2) is 0 Å². The minimum absolute atomic E-state index is 0.251. The number of rotatable bonds is 6. The molecule has 0 spiro atoms. The minimum atomic E-state index is -0.955. The van der Waals surface area contributed by atoms with Gasteiger partial charge in [-0.25, -0.2) is 4.79 Å². The van der Waals surface area contributed by atoms with E-state index >= 15 is 0 Å².